The van der Waals surface area contributed by atoms with Crippen LogP contribution in [0.5, 0.6) is 5.75 Å². The molecule has 2 aromatic carbocycles. The number of allylic oxidation sites excluding steroid dienone is 1. The monoisotopic (exact) mass is 395 g/mol. The Morgan fingerprint density at radius 3 is 2.64 bits per heavy atom. The molecule has 3 aromatic rings. The number of carbonyl (C=O) groups is 1. The minimum Gasteiger partial charge on any atom is -0.497 e. The molecule has 6 nitrogen and oxygen atoms in total. The van der Waals surface area contributed by atoms with Gasteiger partial charge in [0.1, 0.15) is 5.75 Å². The van der Waals surface area contributed by atoms with Gasteiger partial charge in [0.15, 0.2) is 11.0 Å². The van der Waals surface area contributed by atoms with E-state index >= 15 is 0 Å². The van der Waals surface area contributed by atoms with Crippen LogP contribution in [0.1, 0.15) is 15.9 Å². The van der Waals surface area contributed by atoms with Gasteiger partial charge in [-0.1, -0.05) is 30.0 Å². The van der Waals surface area contributed by atoms with Crippen LogP contribution in [0.15, 0.2) is 66.3 Å². The maximum atomic E-state index is 11.7. The Kier molecular flexibility index (Phi) is 6.49. The smallest absolute Gasteiger partial charge is 0.337 e. The number of thioether (sulfide) groups is 1. The molecule has 0 aliphatic heterocycles. The highest BCUT2D eigenvalue weighted by Crippen LogP contribution is 2.27. The van der Waals surface area contributed by atoms with Crippen molar-refractivity contribution in [3.8, 4) is 17.1 Å². The van der Waals surface area contributed by atoms with Gasteiger partial charge in [0.05, 0.1) is 19.8 Å². The van der Waals surface area contributed by atoms with Crippen LogP contribution in [0.25, 0.3) is 11.4 Å². The Hall–Kier alpha value is -3.06. The van der Waals surface area contributed by atoms with Crippen molar-refractivity contribution in [3.63, 3.8) is 0 Å². The fraction of sp³-hybridized carbons (Fsp3) is 0.190. The Morgan fingerprint density at radius 2 is 1.96 bits per heavy atom. The summed E-state index contributed by atoms with van der Waals surface area (Å²) in [5, 5.41) is 9.50. The third-order valence-corrected chi connectivity index (χ3v) is 5.13. The van der Waals surface area contributed by atoms with Crippen molar-refractivity contribution < 1.29 is 14.3 Å². The number of nitrogens with zero attached hydrogens (tertiary/aromatic N) is 3. The average Bonchev–Trinajstić information content (AvgIpc) is 3.14. The van der Waals surface area contributed by atoms with Gasteiger partial charge in [-0.25, -0.2) is 4.79 Å². The van der Waals surface area contributed by atoms with Crippen LogP contribution in [0.4, 0.5) is 0 Å². The highest BCUT2D eigenvalue weighted by Gasteiger charge is 2.14. The predicted octanol–water partition coefficient (Wildman–Crippen LogP) is 4.22. The van der Waals surface area contributed by atoms with Crippen molar-refractivity contribution in [1.29, 1.82) is 0 Å². The summed E-state index contributed by atoms with van der Waals surface area (Å²) >= 11 is 1.56. The second-order valence-electron chi connectivity index (χ2n) is 5.91. The minimum atomic E-state index is -0.344. The fourth-order valence-electron chi connectivity index (χ4n) is 2.70. The van der Waals surface area contributed by atoms with Crippen LogP contribution >= 0.6 is 11.8 Å². The number of aromatic nitrogens is 3. The van der Waals surface area contributed by atoms with E-state index in [4.69, 9.17) is 9.47 Å². The zero-order chi connectivity index (χ0) is 19.9. The molecule has 0 N–H and O–H groups in total. The zero-order valence-corrected chi connectivity index (χ0v) is 16.6. The van der Waals surface area contributed by atoms with Gasteiger partial charge >= 0.3 is 5.97 Å². The van der Waals surface area contributed by atoms with Gasteiger partial charge in [0, 0.05) is 17.9 Å². The van der Waals surface area contributed by atoms with Gasteiger partial charge in [0.25, 0.3) is 0 Å². The lowest BCUT2D eigenvalue weighted by atomic mass is 10.1. The standard InChI is InChI=1S/C21H21N3O3S/c1-4-12-24-19(16-8-10-18(26-2)11-9-16)22-23-21(24)28-14-15-6-5-7-17(13-15)20(25)27-3/h4-11,13H,1,12,14H2,2-3H3. The molecule has 0 amide bonds. The zero-order valence-electron chi connectivity index (χ0n) is 15.8. The van der Waals surface area contributed by atoms with E-state index in [1.165, 1.54) is 7.11 Å². The summed E-state index contributed by atoms with van der Waals surface area (Å²) in [5.41, 5.74) is 2.49. The Labute approximate surface area is 168 Å². The molecule has 28 heavy (non-hydrogen) atoms. The van der Waals surface area contributed by atoms with E-state index in [0.717, 1.165) is 27.9 Å². The maximum absolute atomic E-state index is 11.7. The second-order valence-corrected chi connectivity index (χ2v) is 6.86. The molecule has 144 valence electrons. The van der Waals surface area contributed by atoms with Crippen molar-refractivity contribution in [2.24, 2.45) is 0 Å². The molecule has 0 saturated carbocycles. The van der Waals surface area contributed by atoms with E-state index in [9.17, 15) is 4.79 Å². The van der Waals surface area contributed by atoms with Crippen molar-refractivity contribution in [1.82, 2.24) is 14.8 Å². The van der Waals surface area contributed by atoms with Crippen LogP contribution in [0.3, 0.4) is 0 Å². The summed E-state index contributed by atoms with van der Waals surface area (Å²) in [6.45, 7) is 4.44. The van der Waals surface area contributed by atoms with Crippen molar-refractivity contribution >= 4 is 17.7 Å². The van der Waals surface area contributed by atoms with E-state index in [-0.39, 0.29) is 5.97 Å². The lowest BCUT2D eigenvalue weighted by molar-refractivity contribution is 0.0600. The number of esters is 1. The average molecular weight is 395 g/mol. The van der Waals surface area contributed by atoms with Gasteiger partial charge in [0.2, 0.25) is 0 Å². The van der Waals surface area contributed by atoms with Crippen molar-refractivity contribution in [3.05, 3.63) is 72.3 Å². The first-order valence-electron chi connectivity index (χ1n) is 8.65. The van der Waals surface area contributed by atoms with Crippen molar-refractivity contribution in [2.45, 2.75) is 17.5 Å². The second kappa shape index (κ2) is 9.23. The fourth-order valence-corrected chi connectivity index (χ4v) is 3.59. The van der Waals surface area contributed by atoms with Crippen molar-refractivity contribution in [2.75, 3.05) is 14.2 Å². The van der Waals surface area contributed by atoms with E-state index in [0.29, 0.717) is 17.9 Å². The number of methoxy groups -OCH3 is 2. The van der Waals surface area contributed by atoms with Crippen LogP contribution in [-0.4, -0.2) is 35.0 Å². The summed E-state index contributed by atoms with van der Waals surface area (Å²) in [6.07, 6.45) is 1.82. The lowest BCUT2D eigenvalue weighted by Gasteiger charge is -2.09. The number of ether oxygens (including phenoxy) is 2. The molecular weight excluding hydrogens is 374 g/mol. The van der Waals surface area contributed by atoms with Crippen LogP contribution in [0, 0.1) is 0 Å². The molecule has 1 heterocycles. The quantitative estimate of drug-likeness (QED) is 0.323. The number of rotatable bonds is 8. The van der Waals surface area contributed by atoms with Gasteiger partial charge in [-0.15, -0.1) is 16.8 Å². The van der Waals surface area contributed by atoms with E-state index in [2.05, 4.69) is 16.8 Å². The molecule has 7 heteroatoms. The summed E-state index contributed by atoms with van der Waals surface area (Å²) < 4.78 is 12.0. The van der Waals surface area contributed by atoms with Crippen LogP contribution < -0.4 is 4.74 Å². The topological polar surface area (TPSA) is 66.2 Å². The van der Waals surface area contributed by atoms with Gasteiger partial charge in [-0.2, -0.15) is 0 Å². The Bertz CT molecular complexity index is 967. The van der Waals surface area contributed by atoms with Gasteiger partial charge < -0.3 is 9.47 Å². The van der Waals surface area contributed by atoms with E-state index in [1.54, 1.807) is 24.9 Å². The molecule has 0 atom stereocenters. The van der Waals surface area contributed by atoms with Gasteiger partial charge in [-0.05, 0) is 42.0 Å². The Balaban J connectivity index is 1.81. The molecule has 0 fully saturated rings. The first-order valence-corrected chi connectivity index (χ1v) is 9.63. The SMILES string of the molecule is C=CCn1c(SCc2cccc(C(=O)OC)c2)nnc1-c1ccc(OC)cc1. The molecule has 0 spiro atoms. The normalized spacial score (nSPS) is 10.5. The molecule has 1 aromatic heterocycles. The predicted molar refractivity (Wildman–Crippen MR) is 110 cm³/mol. The number of benzene rings is 2. The summed E-state index contributed by atoms with van der Waals surface area (Å²) in [5.74, 6) is 1.87. The number of hydrogen-bond donors (Lipinski definition) is 0. The molecular formula is C21H21N3O3S. The molecule has 0 radical (unpaired) electrons. The maximum Gasteiger partial charge on any atom is 0.337 e. The highest BCUT2D eigenvalue weighted by molar-refractivity contribution is 7.98. The number of carbonyl (C=O) groups excluding carboxylic acids is 1. The molecule has 0 aliphatic carbocycles. The molecule has 0 saturated heterocycles. The molecule has 0 bridgehead atoms. The summed E-state index contributed by atoms with van der Waals surface area (Å²) in [7, 11) is 3.02. The number of hydrogen-bond acceptors (Lipinski definition) is 6. The first-order chi connectivity index (χ1) is 13.7. The highest BCUT2D eigenvalue weighted by atomic mass is 32.2. The van der Waals surface area contributed by atoms with E-state index in [1.807, 2.05) is 53.1 Å². The minimum absolute atomic E-state index is 0.344. The molecule has 0 unspecified atom stereocenters. The molecule has 3 rings (SSSR count). The summed E-state index contributed by atoms with van der Waals surface area (Å²) in [6, 6.07) is 15.1. The van der Waals surface area contributed by atoms with Gasteiger partial charge in [-0.3, -0.25) is 4.57 Å². The molecule has 0 aliphatic rings. The van der Waals surface area contributed by atoms with Crippen LogP contribution in [0.2, 0.25) is 0 Å². The Morgan fingerprint density at radius 1 is 1.18 bits per heavy atom. The third-order valence-electron chi connectivity index (χ3n) is 4.09. The van der Waals surface area contributed by atoms with E-state index < -0.39 is 0 Å². The summed E-state index contributed by atoms with van der Waals surface area (Å²) in [4.78, 5) is 11.7. The third kappa shape index (κ3) is 4.43. The largest absolute Gasteiger partial charge is 0.497 e. The van der Waals surface area contributed by atoms with Crippen LogP contribution in [-0.2, 0) is 17.0 Å². The first kappa shape index (κ1) is 19.7. The lowest BCUT2D eigenvalue weighted by Crippen LogP contribution is -2.02.